The predicted molar refractivity (Wildman–Crippen MR) is 64.2 cm³/mol. The molecule has 0 unspecified atom stereocenters. The van der Waals surface area contributed by atoms with Crippen molar-refractivity contribution in [2.24, 2.45) is 0 Å². The van der Waals surface area contributed by atoms with Gasteiger partial charge < -0.3 is 21.3 Å². The summed E-state index contributed by atoms with van der Waals surface area (Å²) in [5, 5.41) is 30.3. The van der Waals surface area contributed by atoms with Crippen LogP contribution < -0.4 is 11.1 Å². The van der Waals surface area contributed by atoms with Crippen LogP contribution in [-0.2, 0) is 0 Å². The minimum absolute atomic E-state index is 0.121. The maximum atomic E-state index is 9.28. The summed E-state index contributed by atoms with van der Waals surface area (Å²) >= 11 is 0. The summed E-state index contributed by atoms with van der Waals surface area (Å²) in [5.74, 6) is 0.403. The second kappa shape index (κ2) is 5.48. The fourth-order valence-electron chi connectivity index (χ4n) is 1.34. The Morgan fingerprint density at radius 2 is 2.12 bits per heavy atom. The molecular formula is C11H16N4O2. The van der Waals surface area contributed by atoms with Crippen LogP contribution in [0.4, 0.5) is 11.5 Å². The van der Waals surface area contributed by atoms with Crippen LogP contribution in [0.1, 0.15) is 19.0 Å². The zero-order valence-corrected chi connectivity index (χ0v) is 9.64. The average Bonchev–Trinajstić information content (AvgIpc) is 2.38. The largest absolute Gasteiger partial charge is 0.396 e. The van der Waals surface area contributed by atoms with E-state index in [4.69, 9.17) is 11.0 Å². The zero-order valence-electron chi connectivity index (χ0n) is 9.64. The number of nitrogens with one attached hydrogen (secondary N) is 1. The highest BCUT2D eigenvalue weighted by Crippen LogP contribution is 2.19. The molecule has 17 heavy (non-hydrogen) atoms. The lowest BCUT2D eigenvalue weighted by molar-refractivity contribution is 0.132. The Bertz CT molecular complexity index is 416. The molecule has 0 bridgehead atoms. The molecule has 1 aromatic rings. The third-order valence-electron chi connectivity index (χ3n) is 2.71. The fourth-order valence-corrected chi connectivity index (χ4v) is 1.34. The summed E-state index contributed by atoms with van der Waals surface area (Å²) in [6, 6.07) is 5.04. The van der Waals surface area contributed by atoms with E-state index in [-0.39, 0.29) is 18.9 Å². The number of hydrogen-bond donors (Lipinski definition) is 4. The van der Waals surface area contributed by atoms with Gasteiger partial charge >= 0.3 is 0 Å². The maximum Gasteiger partial charge on any atom is 0.165 e. The number of nitrogens with zero attached hydrogens (tertiary/aromatic N) is 2. The lowest BCUT2D eigenvalue weighted by Gasteiger charge is -2.30. The summed E-state index contributed by atoms with van der Waals surface area (Å²) in [6.45, 7) is 1.38. The topological polar surface area (TPSA) is 115 Å². The molecule has 0 radical (unpaired) electrons. The SMILES string of the molecule is CCC(CO)(CO)Nc1ccc(N)c(C#N)n1. The van der Waals surface area contributed by atoms with Crippen LogP contribution >= 0.6 is 0 Å². The van der Waals surface area contributed by atoms with Gasteiger partial charge in [-0.1, -0.05) is 6.92 Å². The number of nitriles is 1. The number of pyridine rings is 1. The Balaban J connectivity index is 2.99. The molecule has 6 nitrogen and oxygen atoms in total. The molecule has 0 atom stereocenters. The molecule has 0 aliphatic rings. The van der Waals surface area contributed by atoms with Gasteiger partial charge in [-0.05, 0) is 18.6 Å². The molecule has 6 heteroatoms. The molecule has 0 saturated heterocycles. The Hall–Kier alpha value is -1.84. The van der Waals surface area contributed by atoms with Crippen molar-refractivity contribution in [2.45, 2.75) is 18.9 Å². The van der Waals surface area contributed by atoms with Crippen molar-refractivity contribution < 1.29 is 10.2 Å². The smallest absolute Gasteiger partial charge is 0.165 e. The molecule has 1 aromatic heterocycles. The van der Waals surface area contributed by atoms with Crippen molar-refractivity contribution >= 4 is 11.5 Å². The van der Waals surface area contributed by atoms with Gasteiger partial charge in [-0.3, -0.25) is 0 Å². The third-order valence-corrected chi connectivity index (χ3v) is 2.71. The van der Waals surface area contributed by atoms with Crippen LogP contribution in [0.5, 0.6) is 0 Å². The number of nitrogen functional groups attached to an aromatic ring is 1. The average molecular weight is 236 g/mol. The number of anilines is 2. The number of aliphatic hydroxyl groups excluding tert-OH is 2. The van der Waals surface area contributed by atoms with Gasteiger partial charge in [-0.2, -0.15) is 5.26 Å². The van der Waals surface area contributed by atoms with Gasteiger partial charge in [0.15, 0.2) is 5.69 Å². The first-order valence-corrected chi connectivity index (χ1v) is 5.27. The highest BCUT2D eigenvalue weighted by Gasteiger charge is 2.26. The van der Waals surface area contributed by atoms with Crippen LogP contribution in [-0.4, -0.2) is 33.9 Å². The molecule has 0 fully saturated rings. The molecular weight excluding hydrogens is 220 g/mol. The van der Waals surface area contributed by atoms with E-state index in [1.165, 1.54) is 0 Å². The van der Waals surface area contributed by atoms with E-state index in [0.717, 1.165) is 0 Å². The van der Waals surface area contributed by atoms with Gasteiger partial charge in [-0.25, -0.2) is 4.98 Å². The van der Waals surface area contributed by atoms with Gasteiger partial charge in [0, 0.05) is 0 Å². The molecule has 0 aliphatic heterocycles. The first-order chi connectivity index (χ1) is 8.10. The monoisotopic (exact) mass is 236 g/mol. The summed E-state index contributed by atoms with van der Waals surface area (Å²) in [7, 11) is 0. The second-order valence-corrected chi connectivity index (χ2v) is 3.82. The van der Waals surface area contributed by atoms with Gasteiger partial charge in [-0.15, -0.1) is 0 Å². The fraction of sp³-hybridized carbons (Fsp3) is 0.455. The molecule has 1 heterocycles. The van der Waals surface area contributed by atoms with Gasteiger partial charge in [0.1, 0.15) is 11.9 Å². The van der Waals surface area contributed by atoms with E-state index >= 15 is 0 Å². The molecule has 92 valence electrons. The van der Waals surface area contributed by atoms with E-state index in [1.807, 2.05) is 13.0 Å². The maximum absolute atomic E-state index is 9.28. The normalized spacial score (nSPS) is 10.9. The van der Waals surface area contributed by atoms with Crippen molar-refractivity contribution in [1.82, 2.24) is 4.98 Å². The number of nitrogens with two attached hydrogens (primary N) is 1. The Morgan fingerprint density at radius 1 is 1.47 bits per heavy atom. The molecule has 0 saturated carbocycles. The quantitative estimate of drug-likeness (QED) is 0.575. The molecule has 0 amide bonds. The zero-order chi connectivity index (χ0) is 12.9. The van der Waals surface area contributed by atoms with E-state index in [9.17, 15) is 10.2 Å². The summed E-state index contributed by atoms with van der Waals surface area (Å²) in [5.41, 5.74) is 5.13. The van der Waals surface area contributed by atoms with Crippen molar-refractivity contribution in [2.75, 3.05) is 24.3 Å². The van der Waals surface area contributed by atoms with E-state index in [1.54, 1.807) is 12.1 Å². The van der Waals surface area contributed by atoms with Crippen molar-refractivity contribution in [3.8, 4) is 6.07 Å². The van der Waals surface area contributed by atoms with E-state index in [0.29, 0.717) is 17.9 Å². The first-order valence-electron chi connectivity index (χ1n) is 5.27. The lowest BCUT2D eigenvalue weighted by Crippen LogP contribution is -2.45. The highest BCUT2D eigenvalue weighted by molar-refractivity contribution is 5.55. The van der Waals surface area contributed by atoms with Crippen molar-refractivity contribution in [1.29, 1.82) is 5.26 Å². The van der Waals surface area contributed by atoms with Crippen molar-refractivity contribution in [3.63, 3.8) is 0 Å². The minimum atomic E-state index is -0.837. The first kappa shape index (κ1) is 13.2. The van der Waals surface area contributed by atoms with Crippen molar-refractivity contribution in [3.05, 3.63) is 17.8 Å². The van der Waals surface area contributed by atoms with Crippen LogP contribution in [0.15, 0.2) is 12.1 Å². The summed E-state index contributed by atoms with van der Waals surface area (Å²) < 4.78 is 0. The predicted octanol–water partition coefficient (Wildman–Crippen LogP) is 0.0808. The number of aliphatic hydroxyl groups is 2. The van der Waals surface area contributed by atoms with Crippen LogP contribution in [0, 0.1) is 11.3 Å². The van der Waals surface area contributed by atoms with Gasteiger partial charge in [0.2, 0.25) is 0 Å². The lowest BCUT2D eigenvalue weighted by atomic mass is 9.98. The Labute approximate surface area is 99.7 Å². The van der Waals surface area contributed by atoms with Crippen LogP contribution in [0.25, 0.3) is 0 Å². The van der Waals surface area contributed by atoms with Crippen LogP contribution in [0.3, 0.4) is 0 Å². The molecule has 5 N–H and O–H groups in total. The number of aromatic nitrogens is 1. The summed E-state index contributed by atoms with van der Waals surface area (Å²) in [6.07, 6.45) is 0.522. The Kier molecular flexibility index (Phi) is 4.26. The number of rotatable bonds is 5. The highest BCUT2D eigenvalue weighted by atomic mass is 16.3. The van der Waals surface area contributed by atoms with Gasteiger partial charge in [0.05, 0.1) is 24.4 Å². The standard InChI is InChI=1S/C11H16N4O2/c1-2-11(6-16,7-17)15-10-4-3-8(13)9(5-12)14-10/h3-4,16-17H,2,6-7,13H2,1H3,(H,14,15). The van der Waals surface area contributed by atoms with Gasteiger partial charge in [0.25, 0.3) is 0 Å². The minimum Gasteiger partial charge on any atom is -0.396 e. The third kappa shape index (κ3) is 2.84. The number of hydrogen-bond acceptors (Lipinski definition) is 6. The molecule has 0 aromatic carbocycles. The molecule has 0 aliphatic carbocycles. The van der Waals surface area contributed by atoms with E-state index in [2.05, 4.69) is 10.3 Å². The Morgan fingerprint density at radius 3 is 2.59 bits per heavy atom. The second-order valence-electron chi connectivity index (χ2n) is 3.82. The molecule has 0 spiro atoms. The van der Waals surface area contributed by atoms with E-state index < -0.39 is 5.54 Å². The summed E-state index contributed by atoms with van der Waals surface area (Å²) in [4.78, 5) is 4.00. The van der Waals surface area contributed by atoms with Crippen LogP contribution in [0.2, 0.25) is 0 Å². The molecule has 1 rings (SSSR count).